The van der Waals surface area contributed by atoms with Crippen LogP contribution in [0.1, 0.15) is 85.5 Å². The van der Waals surface area contributed by atoms with Gasteiger partial charge in [-0.1, -0.05) is 20.3 Å². The molecular formula is C24H40N2O2. The van der Waals surface area contributed by atoms with Crippen molar-refractivity contribution >= 4 is 11.8 Å². The molecule has 0 aromatic rings. The van der Waals surface area contributed by atoms with Gasteiger partial charge in [-0.25, -0.2) is 0 Å². The van der Waals surface area contributed by atoms with Crippen molar-refractivity contribution in [3.8, 4) is 0 Å². The van der Waals surface area contributed by atoms with Crippen LogP contribution in [0.15, 0.2) is 0 Å². The van der Waals surface area contributed by atoms with E-state index in [4.69, 9.17) is 0 Å². The SMILES string of the molecule is CCN(CC)C(=O)[C@H]1CCC[C@H]2[C@@H]3CC[C@H]4NC(=O)CC[C@]4(C)[C@H]3CC[C@]12C. The molecule has 3 aliphatic carbocycles. The van der Waals surface area contributed by atoms with Crippen LogP contribution in [0.4, 0.5) is 0 Å². The van der Waals surface area contributed by atoms with Gasteiger partial charge >= 0.3 is 0 Å². The summed E-state index contributed by atoms with van der Waals surface area (Å²) in [6.07, 6.45) is 10.1. The van der Waals surface area contributed by atoms with Crippen LogP contribution in [-0.2, 0) is 9.59 Å². The number of piperidine rings is 1. The summed E-state index contributed by atoms with van der Waals surface area (Å²) in [6.45, 7) is 10.8. The van der Waals surface area contributed by atoms with E-state index < -0.39 is 0 Å². The molecule has 7 atom stereocenters. The standard InChI is InChI=1S/C24H40N2O2/c1-5-26(6-2)22(28)19-9-7-8-17-16-10-11-20-24(4,15-13-21(27)25-20)18(16)12-14-23(17,19)3/h16-20H,5-15H2,1-4H3,(H,25,27)/t16-,17-,18-,19+,20+,23-,24+/m0/s1. The fourth-order valence-corrected chi connectivity index (χ4v) is 8.06. The third kappa shape index (κ3) is 2.92. The van der Waals surface area contributed by atoms with Gasteiger partial charge in [-0.3, -0.25) is 9.59 Å². The van der Waals surface area contributed by atoms with Gasteiger partial charge in [-0.05, 0) is 87.4 Å². The quantitative estimate of drug-likeness (QED) is 0.780. The average molecular weight is 389 g/mol. The largest absolute Gasteiger partial charge is 0.353 e. The number of hydrogen-bond donors (Lipinski definition) is 1. The third-order valence-electron chi connectivity index (χ3n) is 9.71. The molecule has 0 bridgehead atoms. The smallest absolute Gasteiger partial charge is 0.226 e. The summed E-state index contributed by atoms with van der Waals surface area (Å²) in [5.74, 6) is 3.02. The van der Waals surface area contributed by atoms with E-state index in [1.807, 2.05) is 0 Å². The summed E-state index contributed by atoms with van der Waals surface area (Å²) in [6, 6.07) is 0.371. The highest BCUT2D eigenvalue weighted by Gasteiger charge is 2.60. The Bertz CT molecular complexity index is 630. The van der Waals surface area contributed by atoms with Gasteiger partial charge in [0.1, 0.15) is 0 Å². The van der Waals surface area contributed by atoms with Crippen molar-refractivity contribution in [3.05, 3.63) is 0 Å². The minimum absolute atomic E-state index is 0.167. The zero-order valence-corrected chi connectivity index (χ0v) is 18.4. The zero-order valence-electron chi connectivity index (χ0n) is 18.4. The van der Waals surface area contributed by atoms with Crippen LogP contribution in [0, 0.1) is 34.5 Å². The molecule has 0 spiro atoms. The second-order valence-electron chi connectivity index (χ2n) is 10.6. The maximum Gasteiger partial charge on any atom is 0.226 e. The van der Waals surface area contributed by atoms with Crippen LogP contribution >= 0.6 is 0 Å². The summed E-state index contributed by atoms with van der Waals surface area (Å²) in [5, 5.41) is 3.33. The molecule has 4 nitrogen and oxygen atoms in total. The lowest BCUT2D eigenvalue weighted by atomic mass is 9.43. The van der Waals surface area contributed by atoms with Crippen LogP contribution in [0.25, 0.3) is 0 Å². The van der Waals surface area contributed by atoms with Crippen molar-refractivity contribution in [3.63, 3.8) is 0 Å². The molecule has 4 heteroatoms. The average Bonchev–Trinajstić information content (AvgIpc) is 2.68. The monoisotopic (exact) mass is 388 g/mol. The molecule has 28 heavy (non-hydrogen) atoms. The molecule has 1 saturated heterocycles. The fraction of sp³-hybridized carbons (Fsp3) is 0.917. The summed E-state index contributed by atoms with van der Waals surface area (Å²) in [7, 11) is 0. The number of rotatable bonds is 3. The van der Waals surface area contributed by atoms with E-state index in [1.165, 1.54) is 32.1 Å². The molecule has 1 N–H and O–H groups in total. The van der Waals surface area contributed by atoms with Crippen molar-refractivity contribution in [2.45, 2.75) is 91.5 Å². The van der Waals surface area contributed by atoms with Crippen LogP contribution < -0.4 is 5.32 Å². The predicted molar refractivity (Wildman–Crippen MR) is 112 cm³/mol. The van der Waals surface area contributed by atoms with Crippen molar-refractivity contribution in [2.75, 3.05) is 13.1 Å². The molecule has 0 aromatic carbocycles. The van der Waals surface area contributed by atoms with Crippen LogP contribution in [0.2, 0.25) is 0 Å². The fourth-order valence-electron chi connectivity index (χ4n) is 8.06. The Kier molecular flexibility index (Phi) is 5.29. The molecule has 1 heterocycles. The Labute approximate surface area is 171 Å². The number of carbonyl (C=O) groups is 2. The van der Waals surface area contributed by atoms with Gasteiger partial charge < -0.3 is 10.2 Å². The summed E-state index contributed by atoms with van der Waals surface area (Å²) in [4.78, 5) is 27.4. The first-order chi connectivity index (χ1) is 13.3. The van der Waals surface area contributed by atoms with Gasteiger partial charge in [0.15, 0.2) is 0 Å². The molecule has 3 saturated carbocycles. The van der Waals surface area contributed by atoms with E-state index in [0.29, 0.717) is 30.2 Å². The molecule has 158 valence electrons. The van der Waals surface area contributed by atoms with Crippen LogP contribution in [-0.4, -0.2) is 35.8 Å². The minimum Gasteiger partial charge on any atom is -0.353 e. The van der Waals surface area contributed by atoms with Gasteiger partial charge in [0, 0.05) is 31.5 Å². The lowest BCUT2D eigenvalue weighted by molar-refractivity contribution is -0.162. The van der Waals surface area contributed by atoms with Crippen LogP contribution in [0.3, 0.4) is 0 Å². The maximum absolute atomic E-state index is 13.4. The molecule has 4 fully saturated rings. The molecule has 0 aromatic heterocycles. The van der Waals surface area contributed by atoms with Gasteiger partial charge in [0.05, 0.1) is 0 Å². The number of amides is 2. The first kappa shape index (κ1) is 20.2. The van der Waals surface area contributed by atoms with Crippen molar-refractivity contribution in [1.82, 2.24) is 10.2 Å². The minimum atomic E-state index is 0.167. The van der Waals surface area contributed by atoms with Gasteiger partial charge in [-0.15, -0.1) is 0 Å². The molecule has 0 radical (unpaired) electrons. The Balaban J connectivity index is 1.60. The molecular weight excluding hydrogens is 348 g/mol. The number of nitrogens with one attached hydrogen (secondary N) is 1. The second-order valence-corrected chi connectivity index (χ2v) is 10.6. The Hall–Kier alpha value is -1.06. The molecule has 4 rings (SSSR count). The molecule has 2 amide bonds. The second kappa shape index (κ2) is 7.32. The Morgan fingerprint density at radius 2 is 1.71 bits per heavy atom. The lowest BCUT2D eigenvalue weighted by Crippen LogP contribution is -2.62. The number of carbonyl (C=O) groups excluding carboxylic acids is 2. The van der Waals surface area contributed by atoms with E-state index >= 15 is 0 Å². The highest BCUT2D eigenvalue weighted by atomic mass is 16.2. The first-order valence-corrected chi connectivity index (χ1v) is 11.9. The predicted octanol–water partition coefficient (Wildman–Crippen LogP) is 4.38. The summed E-state index contributed by atoms with van der Waals surface area (Å²) >= 11 is 0. The first-order valence-electron chi connectivity index (χ1n) is 11.9. The van der Waals surface area contributed by atoms with E-state index in [0.717, 1.165) is 38.3 Å². The van der Waals surface area contributed by atoms with E-state index in [9.17, 15) is 9.59 Å². The highest BCUT2D eigenvalue weighted by molar-refractivity contribution is 5.80. The molecule has 1 aliphatic heterocycles. The van der Waals surface area contributed by atoms with Gasteiger partial charge in [0.2, 0.25) is 11.8 Å². The topological polar surface area (TPSA) is 49.4 Å². The van der Waals surface area contributed by atoms with Crippen LogP contribution in [0.5, 0.6) is 0 Å². The molecule has 0 unspecified atom stereocenters. The normalized spacial score (nSPS) is 45.3. The lowest BCUT2D eigenvalue weighted by Gasteiger charge is -2.63. The summed E-state index contributed by atoms with van der Waals surface area (Å²) in [5.41, 5.74) is 0.425. The Morgan fingerprint density at radius 1 is 1.00 bits per heavy atom. The van der Waals surface area contributed by atoms with E-state index in [1.54, 1.807) is 0 Å². The van der Waals surface area contributed by atoms with E-state index in [2.05, 4.69) is 37.9 Å². The Morgan fingerprint density at radius 3 is 2.43 bits per heavy atom. The van der Waals surface area contributed by atoms with Crippen molar-refractivity contribution < 1.29 is 9.59 Å². The number of fused-ring (bicyclic) bond motifs is 5. The molecule has 4 aliphatic rings. The zero-order chi connectivity index (χ0) is 20.1. The van der Waals surface area contributed by atoms with Crippen molar-refractivity contribution in [1.29, 1.82) is 0 Å². The highest BCUT2D eigenvalue weighted by Crippen LogP contribution is 2.64. The van der Waals surface area contributed by atoms with E-state index in [-0.39, 0.29) is 22.7 Å². The van der Waals surface area contributed by atoms with Gasteiger partial charge in [-0.2, -0.15) is 0 Å². The maximum atomic E-state index is 13.4. The van der Waals surface area contributed by atoms with Crippen molar-refractivity contribution in [2.24, 2.45) is 34.5 Å². The van der Waals surface area contributed by atoms with Gasteiger partial charge in [0.25, 0.3) is 0 Å². The number of hydrogen-bond acceptors (Lipinski definition) is 2. The number of nitrogens with zero attached hydrogens (tertiary/aromatic N) is 1. The third-order valence-corrected chi connectivity index (χ3v) is 9.71. The summed E-state index contributed by atoms with van der Waals surface area (Å²) < 4.78 is 0.